The number of aryl methyl sites for hydroxylation is 1. The molecule has 0 spiro atoms. The summed E-state index contributed by atoms with van der Waals surface area (Å²) in [7, 11) is 1.78. The fourth-order valence-corrected chi connectivity index (χ4v) is 0.475. The van der Waals surface area contributed by atoms with Crippen molar-refractivity contribution in [1.29, 1.82) is 0 Å². The highest BCUT2D eigenvalue weighted by atomic mass is 16.5. The largest absolute Gasteiger partial charge is 0.290 e. The van der Waals surface area contributed by atoms with E-state index < -0.39 is 0 Å². The van der Waals surface area contributed by atoms with Crippen LogP contribution in [0.5, 0.6) is 0 Å². The smallest absolute Gasteiger partial charge is 0.171 e. The SMILES string of the molecule is Cn1ccc(NO)n1. The van der Waals surface area contributed by atoms with E-state index in [1.165, 1.54) is 0 Å². The van der Waals surface area contributed by atoms with Gasteiger partial charge in [0.15, 0.2) is 5.82 Å². The predicted octanol–water partition coefficient (Wildman–Crippen LogP) is 0.221. The Morgan fingerprint density at radius 3 is 2.88 bits per heavy atom. The quantitative estimate of drug-likeness (QED) is 0.512. The second-order valence-corrected chi connectivity index (χ2v) is 1.49. The third-order valence-electron chi connectivity index (χ3n) is 0.828. The zero-order valence-corrected chi connectivity index (χ0v) is 4.50. The Morgan fingerprint density at radius 1 is 1.88 bits per heavy atom. The van der Waals surface area contributed by atoms with Gasteiger partial charge >= 0.3 is 0 Å². The molecule has 2 N–H and O–H groups in total. The molecular formula is C4H7N3O. The Hall–Kier alpha value is -1.03. The maximum Gasteiger partial charge on any atom is 0.171 e. The van der Waals surface area contributed by atoms with Crippen LogP contribution in [-0.2, 0) is 7.05 Å². The average molecular weight is 113 g/mol. The minimum atomic E-state index is 0.465. The Bertz CT molecular complexity index is 172. The van der Waals surface area contributed by atoms with Crippen molar-refractivity contribution in [3.63, 3.8) is 0 Å². The zero-order valence-electron chi connectivity index (χ0n) is 4.50. The molecule has 1 aromatic rings. The van der Waals surface area contributed by atoms with Crippen molar-refractivity contribution in [3.05, 3.63) is 12.3 Å². The van der Waals surface area contributed by atoms with Crippen LogP contribution in [-0.4, -0.2) is 15.0 Å². The van der Waals surface area contributed by atoms with E-state index in [-0.39, 0.29) is 0 Å². The van der Waals surface area contributed by atoms with Crippen molar-refractivity contribution < 1.29 is 5.21 Å². The first-order valence-electron chi connectivity index (χ1n) is 2.22. The van der Waals surface area contributed by atoms with E-state index in [4.69, 9.17) is 5.21 Å². The Balaban J connectivity index is 2.84. The molecule has 0 amide bonds. The first kappa shape index (κ1) is 5.11. The van der Waals surface area contributed by atoms with Crippen LogP contribution in [0.4, 0.5) is 5.82 Å². The van der Waals surface area contributed by atoms with Crippen molar-refractivity contribution in [2.75, 3.05) is 5.48 Å². The van der Waals surface area contributed by atoms with Gasteiger partial charge in [-0.15, -0.1) is 0 Å². The van der Waals surface area contributed by atoms with Gasteiger partial charge in [-0.1, -0.05) is 0 Å². The molecule has 0 fully saturated rings. The van der Waals surface area contributed by atoms with Crippen LogP contribution in [0, 0.1) is 0 Å². The van der Waals surface area contributed by atoms with Crippen molar-refractivity contribution >= 4 is 5.82 Å². The van der Waals surface area contributed by atoms with Crippen molar-refractivity contribution in [2.24, 2.45) is 7.05 Å². The molecule has 1 heterocycles. The first-order chi connectivity index (χ1) is 3.83. The fraction of sp³-hybridized carbons (Fsp3) is 0.250. The lowest BCUT2D eigenvalue weighted by Crippen LogP contribution is -1.92. The second-order valence-electron chi connectivity index (χ2n) is 1.49. The molecule has 0 atom stereocenters. The molecule has 44 valence electrons. The molecular weight excluding hydrogens is 106 g/mol. The van der Waals surface area contributed by atoms with Crippen LogP contribution < -0.4 is 5.48 Å². The standard InChI is InChI=1S/C4H7N3O/c1-7-3-2-4(5-7)6-8/h2-3,8H,1H3,(H,5,6). The highest BCUT2D eigenvalue weighted by Gasteiger charge is 1.88. The van der Waals surface area contributed by atoms with Gasteiger partial charge in [-0.3, -0.25) is 15.4 Å². The van der Waals surface area contributed by atoms with E-state index in [0.717, 1.165) is 0 Å². The van der Waals surface area contributed by atoms with Gasteiger partial charge in [-0.2, -0.15) is 5.10 Å². The molecule has 0 aromatic carbocycles. The van der Waals surface area contributed by atoms with Crippen molar-refractivity contribution in [2.45, 2.75) is 0 Å². The van der Waals surface area contributed by atoms with E-state index in [1.807, 2.05) is 5.48 Å². The molecule has 0 aliphatic carbocycles. The second kappa shape index (κ2) is 1.83. The topological polar surface area (TPSA) is 50.1 Å². The van der Waals surface area contributed by atoms with Crippen LogP contribution in [0.1, 0.15) is 0 Å². The summed E-state index contributed by atoms with van der Waals surface area (Å²) in [5.41, 5.74) is 1.92. The highest BCUT2D eigenvalue weighted by molar-refractivity contribution is 5.27. The van der Waals surface area contributed by atoms with Gasteiger partial charge in [0, 0.05) is 19.3 Å². The van der Waals surface area contributed by atoms with Crippen LogP contribution in [0.2, 0.25) is 0 Å². The summed E-state index contributed by atoms with van der Waals surface area (Å²) >= 11 is 0. The molecule has 0 aliphatic rings. The maximum absolute atomic E-state index is 8.23. The van der Waals surface area contributed by atoms with Gasteiger partial charge in [0.2, 0.25) is 0 Å². The third kappa shape index (κ3) is 0.788. The van der Waals surface area contributed by atoms with Crippen LogP contribution in [0.25, 0.3) is 0 Å². The molecule has 4 heteroatoms. The van der Waals surface area contributed by atoms with E-state index in [2.05, 4.69) is 5.10 Å². The fourth-order valence-electron chi connectivity index (χ4n) is 0.475. The lowest BCUT2D eigenvalue weighted by atomic mass is 10.7. The van der Waals surface area contributed by atoms with Crippen molar-refractivity contribution in [1.82, 2.24) is 9.78 Å². The normalized spacial score (nSPS) is 9.25. The number of rotatable bonds is 1. The molecule has 0 unspecified atom stereocenters. The molecule has 4 nitrogen and oxygen atoms in total. The number of hydrogen-bond donors (Lipinski definition) is 2. The van der Waals surface area contributed by atoms with Crippen molar-refractivity contribution in [3.8, 4) is 0 Å². The predicted molar refractivity (Wildman–Crippen MR) is 28.6 cm³/mol. The van der Waals surface area contributed by atoms with E-state index in [9.17, 15) is 0 Å². The summed E-state index contributed by atoms with van der Waals surface area (Å²) in [6.45, 7) is 0. The van der Waals surface area contributed by atoms with Gasteiger partial charge in [0.1, 0.15) is 0 Å². The summed E-state index contributed by atoms with van der Waals surface area (Å²) in [6.07, 6.45) is 1.73. The Kier molecular flexibility index (Phi) is 1.17. The number of aromatic nitrogens is 2. The summed E-state index contributed by atoms with van der Waals surface area (Å²) in [6, 6.07) is 1.67. The average Bonchev–Trinajstić information content (AvgIpc) is 2.14. The maximum atomic E-state index is 8.23. The molecule has 0 bridgehead atoms. The van der Waals surface area contributed by atoms with Gasteiger partial charge in [-0.25, -0.2) is 0 Å². The highest BCUT2D eigenvalue weighted by Crippen LogP contribution is 1.96. The van der Waals surface area contributed by atoms with Crippen LogP contribution >= 0.6 is 0 Å². The summed E-state index contributed by atoms with van der Waals surface area (Å²) in [4.78, 5) is 0. The number of nitrogens with zero attached hydrogens (tertiary/aromatic N) is 2. The number of anilines is 1. The molecule has 1 aromatic heterocycles. The lowest BCUT2D eigenvalue weighted by molar-refractivity contribution is 0.385. The summed E-state index contributed by atoms with van der Waals surface area (Å²) in [5.74, 6) is 0.465. The Morgan fingerprint density at radius 2 is 2.62 bits per heavy atom. The van der Waals surface area contributed by atoms with Gasteiger partial charge in [0.25, 0.3) is 0 Å². The molecule has 0 aliphatic heterocycles. The minimum Gasteiger partial charge on any atom is -0.290 e. The summed E-state index contributed by atoms with van der Waals surface area (Å²) in [5, 5.41) is 12.0. The van der Waals surface area contributed by atoms with Gasteiger partial charge in [0.05, 0.1) is 0 Å². The van der Waals surface area contributed by atoms with Gasteiger partial charge < -0.3 is 0 Å². The molecule has 0 radical (unpaired) electrons. The van der Waals surface area contributed by atoms with E-state index in [0.29, 0.717) is 5.82 Å². The van der Waals surface area contributed by atoms with Gasteiger partial charge in [-0.05, 0) is 0 Å². The third-order valence-corrected chi connectivity index (χ3v) is 0.828. The minimum absolute atomic E-state index is 0.465. The van der Waals surface area contributed by atoms with Crippen LogP contribution in [0.15, 0.2) is 12.3 Å². The zero-order chi connectivity index (χ0) is 5.98. The molecule has 1 rings (SSSR count). The lowest BCUT2D eigenvalue weighted by Gasteiger charge is -1.86. The number of nitrogens with one attached hydrogen (secondary N) is 1. The number of hydrogen-bond acceptors (Lipinski definition) is 3. The first-order valence-corrected chi connectivity index (χ1v) is 2.22. The molecule has 8 heavy (non-hydrogen) atoms. The molecule has 0 saturated carbocycles. The van der Waals surface area contributed by atoms with Crippen LogP contribution in [0.3, 0.4) is 0 Å². The Labute approximate surface area is 46.7 Å². The summed E-state index contributed by atoms with van der Waals surface area (Å²) < 4.78 is 1.60. The monoisotopic (exact) mass is 113 g/mol. The van der Waals surface area contributed by atoms with E-state index >= 15 is 0 Å². The van der Waals surface area contributed by atoms with E-state index in [1.54, 1.807) is 24.0 Å². The molecule has 0 saturated heterocycles.